The minimum atomic E-state index is 0.0696. The molecule has 3 rings (SSSR count). The van der Waals surface area contributed by atoms with Crippen molar-refractivity contribution in [3.05, 3.63) is 30.3 Å². The molecule has 2 atom stereocenters. The molecule has 1 unspecified atom stereocenters. The minimum absolute atomic E-state index is 0.0696. The first-order chi connectivity index (χ1) is 6.86. The second-order valence-electron chi connectivity index (χ2n) is 3.89. The minimum Gasteiger partial charge on any atom is -0.307 e. The summed E-state index contributed by atoms with van der Waals surface area (Å²) in [5.41, 5.74) is 1.03. The number of carbonyl (C=O) groups is 1. The summed E-state index contributed by atoms with van der Waals surface area (Å²) in [5.74, 6) is 0.229. The number of fused-ring (bicyclic) bond motifs is 2. The van der Waals surface area contributed by atoms with Crippen LogP contribution in [-0.4, -0.2) is 24.5 Å². The van der Waals surface area contributed by atoms with Crippen LogP contribution in [-0.2, 0) is 4.79 Å². The van der Waals surface area contributed by atoms with E-state index in [-0.39, 0.29) is 11.9 Å². The monoisotopic (exact) mass is 188 g/mol. The van der Waals surface area contributed by atoms with Crippen LogP contribution in [0.3, 0.4) is 0 Å². The van der Waals surface area contributed by atoms with E-state index in [0.29, 0.717) is 6.04 Å². The molecule has 0 radical (unpaired) electrons. The molecule has 0 aliphatic carbocycles. The Morgan fingerprint density at radius 1 is 1.29 bits per heavy atom. The maximum atomic E-state index is 11.8. The van der Waals surface area contributed by atoms with Gasteiger partial charge in [0.25, 0.3) is 0 Å². The second kappa shape index (κ2) is 2.82. The molecule has 1 N–H and O–H groups in total. The highest BCUT2D eigenvalue weighted by atomic mass is 16.2. The summed E-state index contributed by atoms with van der Waals surface area (Å²) in [5, 5.41) is 3.21. The number of nitrogens with one attached hydrogen (secondary N) is 1. The molecule has 0 aromatic heterocycles. The molecule has 2 saturated heterocycles. The molecule has 2 heterocycles. The molecule has 3 nitrogen and oxygen atoms in total. The Kier molecular flexibility index (Phi) is 1.61. The van der Waals surface area contributed by atoms with Crippen molar-refractivity contribution in [2.45, 2.75) is 18.5 Å². The highest BCUT2D eigenvalue weighted by Gasteiger charge is 2.44. The first-order valence-corrected chi connectivity index (χ1v) is 4.98. The van der Waals surface area contributed by atoms with Crippen molar-refractivity contribution in [3.8, 4) is 0 Å². The van der Waals surface area contributed by atoms with Gasteiger partial charge in [-0.05, 0) is 18.6 Å². The van der Waals surface area contributed by atoms with Crippen LogP contribution >= 0.6 is 0 Å². The van der Waals surface area contributed by atoms with E-state index in [9.17, 15) is 4.79 Å². The van der Waals surface area contributed by atoms with Gasteiger partial charge in [-0.2, -0.15) is 0 Å². The molecule has 3 heteroatoms. The van der Waals surface area contributed by atoms with E-state index >= 15 is 0 Å². The number of hydrogen-bond donors (Lipinski definition) is 1. The number of amides is 1. The van der Waals surface area contributed by atoms with Crippen LogP contribution in [0.5, 0.6) is 0 Å². The predicted molar refractivity (Wildman–Crippen MR) is 54.1 cm³/mol. The summed E-state index contributed by atoms with van der Waals surface area (Å²) in [6.07, 6.45) is 0.966. The largest absolute Gasteiger partial charge is 0.307 e. The Morgan fingerprint density at radius 2 is 2.07 bits per heavy atom. The number of anilines is 1. The molecule has 2 aliphatic heterocycles. The van der Waals surface area contributed by atoms with Gasteiger partial charge < -0.3 is 10.2 Å². The van der Waals surface area contributed by atoms with Crippen molar-refractivity contribution >= 4 is 11.6 Å². The molecule has 0 spiro atoms. The summed E-state index contributed by atoms with van der Waals surface area (Å²) in [7, 11) is 0. The van der Waals surface area contributed by atoms with Crippen LogP contribution in [0.25, 0.3) is 0 Å². The third-order valence-corrected chi connectivity index (χ3v) is 3.04. The van der Waals surface area contributed by atoms with Crippen molar-refractivity contribution in [2.75, 3.05) is 11.4 Å². The Morgan fingerprint density at radius 3 is 2.71 bits per heavy atom. The molecule has 1 aromatic rings. The zero-order valence-corrected chi connectivity index (χ0v) is 7.81. The van der Waals surface area contributed by atoms with Crippen molar-refractivity contribution in [3.63, 3.8) is 0 Å². The number of para-hydroxylation sites is 1. The maximum absolute atomic E-state index is 11.8. The molecule has 1 amide bonds. The first kappa shape index (κ1) is 8.00. The third kappa shape index (κ3) is 0.990. The number of nitrogens with zero attached hydrogens (tertiary/aromatic N) is 1. The van der Waals surface area contributed by atoms with Crippen LogP contribution in [0.1, 0.15) is 6.42 Å². The molecule has 1 aromatic carbocycles. The maximum Gasteiger partial charge on any atom is 0.244 e. The topological polar surface area (TPSA) is 32.3 Å². The van der Waals surface area contributed by atoms with E-state index in [1.165, 1.54) is 0 Å². The Hall–Kier alpha value is -1.35. The lowest BCUT2D eigenvalue weighted by Gasteiger charge is -2.27. The number of hydrogen-bond acceptors (Lipinski definition) is 2. The molecule has 2 aliphatic rings. The fourth-order valence-electron chi connectivity index (χ4n) is 2.38. The number of benzene rings is 1. The van der Waals surface area contributed by atoms with Gasteiger partial charge in [0.15, 0.2) is 0 Å². The molecular weight excluding hydrogens is 176 g/mol. The second-order valence-corrected chi connectivity index (χ2v) is 3.89. The van der Waals surface area contributed by atoms with Gasteiger partial charge in [0.05, 0.1) is 12.1 Å². The van der Waals surface area contributed by atoms with E-state index in [1.807, 2.05) is 35.2 Å². The number of carbonyl (C=O) groups excluding carboxylic acids is 1. The van der Waals surface area contributed by atoms with Gasteiger partial charge in [-0.15, -0.1) is 0 Å². The van der Waals surface area contributed by atoms with Gasteiger partial charge in [0.2, 0.25) is 5.91 Å². The molecule has 72 valence electrons. The van der Waals surface area contributed by atoms with Crippen LogP contribution in [0.4, 0.5) is 5.69 Å². The Labute approximate surface area is 82.7 Å². The molecular formula is C11H12N2O. The van der Waals surface area contributed by atoms with Gasteiger partial charge in [0.1, 0.15) is 0 Å². The average molecular weight is 188 g/mol. The molecule has 14 heavy (non-hydrogen) atoms. The van der Waals surface area contributed by atoms with Crippen LogP contribution in [0.2, 0.25) is 0 Å². The SMILES string of the molecule is O=C1C2C[C@@H](CN2)N1c1ccccc1. The lowest BCUT2D eigenvalue weighted by atomic mass is 10.2. The summed E-state index contributed by atoms with van der Waals surface area (Å²) >= 11 is 0. The molecule has 2 fully saturated rings. The fourth-order valence-corrected chi connectivity index (χ4v) is 2.38. The summed E-state index contributed by atoms with van der Waals surface area (Å²) < 4.78 is 0. The predicted octanol–water partition coefficient (Wildman–Crippen LogP) is 0.764. The Balaban J connectivity index is 1.97. The number of piperazine rings is 1. The van der Waals surface area contributed by atoms with E-state index in [4.69, 9.17) is 0 Å². The normalized spacial score (nSPS) is 30.0. The quantitative estimate of drug-likeness (QED) is 0.705. The van der Waals surface area contributed by atoms with Crippen molar-refractivity contribution in [1.82, 2.24) is 5.32 Å². The summed E-state index contributed by atoms with van der Waals surface area (Å²) in [6.45, 7) is 0.936. The lowest BCUT2D eigenvalue weighted by molar-refractivity contribution is -0.119. The Bertz CT molecular complexity index is 363. The first-order valence-electron chi connectivity index (χ1n) is 4.98. The smallest absolute Gasteiger partial charge is 0.244 e. The molecule has 2 bridgehead atoms. The highest BCUT2D eigenvalue weighted by Crippen LogP contribution is 2.29. The van der Waals surface area contributed by atoms with Gasteiger partial charge in [-0.1, -0.05) is 18.2 Å². The highest BCUT2D eigenvalue weighted by molar-refractivity contribution is 6.01. The van der Waals surface area contributed by atoms with E-state index in [1.54, 1.807) is 0 Å². The van der Waals surface area contributed by atoms with Gasteiger partial charge >= 0.3 is 0 Å². The average Bonchev–Trinajstić information content (AvgIpc) is 2.79. The van der Waals surface area contributed by atoms with Gasteiger partial charge in [0, 0.05) is 12.2 Å². The summed E-state index contributed by atoms with van der Waals surface area (Å²) in [6, 6.07) is 10.4. The summed E-state index contributed by atoms with van der Waals surface area (Å²) in [4.78, 5) is 13.8. The van der Waals surface area contributed by atoms with Crippen LogP contribution in [0, 0.1) is 0 Å². The van der Waals surface area contributed by atoms with Crippen molar-refractivity contribution < 1.29 is 4.79 Å². The van der Waals surface area contributed by atoms with Crippen LogP contribution in [0.15, 0.2) is 30.3 Å². The van der Waals surface area contributed by atoms with Crippen molar-refractivity contribution in [1.29, 1.82) is 0 Å². The van der Waals surface area contributed by atoms with E-state index in [0.717, 1.165) is 18.7 Å². The van der Waals surface area contributed by atoms with Crippen LogP contribution < -0.4 is 10.2 Å². The number of rotatable bonds is 1. The zero-order valence-electron chi connectivity index (χ0n) is 7.81. The van der Waals surface area contributed by atoms with E-state index < -0.39 is 0 Å². The molecule has 0 saturated carbocycles. The van der Waals surface area contributed by atoms with E-state index in [2.05, 4.69) is 5.32 Å². The third-order valence-electron chi connectivity index (χ3n) is 3.04. The standard InChI is InChI=1S/C11H12N2O/c14-11-10-6-9(7-12-10)13(11)8-4-2-1-3-5-8/h1-5,9-10,12H,6-7H2/t9-,10?/m0/s1. The lowest BCUT2D eigenvalue weighted by Crippen LogP contribution is -2.48. The zero-order chi connectivity index (χ0) is 9.54. The van der Waals surface area contributed by atoms with Crippen molar-refractivity contribution in [2.24, 2.45) is 0 Å². The van der Waals surface area contributed by atoms with Gasteiger partial charge in [-0.3, -0.25) is 4.79 Å². The van der Waals surface area contributed by atoms with Gasteiger partial charge in [-0.25, -0.2) is 0 Å². The fraction of sp³-hybridized carbons (Fsp3) is 0.364.